The molecule has 0 spiro atoms. The maximum Gasteiger partial charge on any atom is 0.166 e. The fourth-order valence-corrected chi connectivity index (χ4v) is 3.44. The molecule has 0 fully saturated rings. The number of imidazole rings is 1. The van der Waals surface area contributed by atoms with E-state index in [0.29, 0.717) is 17.4 Å². The lowest BCUT2D eigenvalue weighted by atomic mass is 10.0. The maximum absolute atomic E-state index is 13.4. The summed E-state index contributed by atoms with van der Waals surface area (Å²) in [6.45, 7) is 0. The van der Waals surface area contributed by atoms with Gasteiger partial charge in [0.1, 0.15) is 17.3 Å². The summed E-state index contributed by atoms with van der Waals surface area (Å²) in [5.74, 6) is 1.08. The zero-order chi connectivity index (χ0) is 20.7. The Kier molecular flexibility index (Phi) is 4.17. The number of anilines is 1. The van der Waals surface area contributed by atoms with Gasteiger partial charge in [0.25, 0.3) is 0 Å². The summed E-state index contributed by atoms with van der Waals surface area (Å²) in [4.78, 5) is 19.9. The lowest BCUT2D eigenvalue weighted by molar-refractivity contribution is 0.415. The number of methoxy groups -OCH3 is 1. The zero-order valence-corrected chi connectivity index (χ0v) is 16.0. The van der Waals surface area contributed by atoms with Crippen molar-refractivity contribution in [3.05, 3.63) is 66.9 Å². The molecule has 0 unspecified atom stereocenters. The first kappa shape index (κ1) is 17.9. The molecule has 4 N–H and O–H groups in total. The van der Waals surface area contributed by atoms with E-state index < -0.39 is 0 Å². The van der Waals surface area contributed by atoms with Gasteiger partial charge < -0.3 is 20.4 Å². The molecule has 5 rings (SSSR count). The van der Waals surface area contributed by atoms with Crippen LogP contribution in [0.15, 0.2) is 61.1 Å². The number of H-pyrrole nitrogens is 2. The molecule has 5 aromatic rings. The van der Waals surface area contributed by atoms with Crippen LogP contribution in [0.5, 0.6) is 5.75 Å². The van der Waals surface area contributed by atoms with Crippen LogP contribution in [0.25, 0.3) is 44.9 Å². The molecule has 0 atom stereocenters. The van der Waals surface area contributed by atoms with Crippen LogP contribution < -0.4 is 10.5 Å². The molecule has 7 nitrogen and oxygen atoms in total. The van der Waals surface area contributed by atoms with Crippen molar-refractivity contribution in [2.75, 3.05) is 12.8 Å². The van der Waals surface area contributed by atoms with Crippen LogP contribution >= 0.6 is 0 Å². The highest BCUT2D eigenvalue weighted by Gasteiger charge is 2.19. The average Bonchev–Trinajstić information content (AvgIpc) is 3.42. The minimum absolute atomic E-state index is 0.304. The van der Waals surface area contributed by atoms with Crippen LogP contribution in [0.3, 0.4) is 0 Å². The number of ether oxygens (including phenoxy) is 1. The van der Waals surface area contributed by atoms with E-state index in [1.807, 2.05) is 24.4 Å². The molecule has 8 heteroatoms. The molecule has 148 valence electrons. The second-order valence-electron chi connectivity index (χ2n) is 6.73. The molecule has 1 aromatic carbocycles. The van der Waals surface area contributed by atoms with Crippen LogP contribution in [0.1, 0.15) is 0 Å². The molecule has 0 aliphatic rings. The van der Waals surface area contributed by atoms with Crippen LogP contribution in [-0.4, -0.2) is 32.0 Å². The van der Waals surface area contributed by atoms with Crippen molar-refractivity contribution in [1.29, 1.82) is 0 Å². The summed E-state index contributed by atoms with van der Waals surface area (Å²) in [7, 11) is 1.54. The third-order valence-corrected chi connectivity index (χ3v) is 4.93. The number of nitrogens with zero attached hydrogens (tertiary/aromatic N) is 3. The number of nitrogen functional groups attached to an aromatic ring is 1. The van der Waals surface area contributed by atoms with Crippen molar-refractivity contribution in [2.45, 2.75) is 0 Å². The second kappa shape index (κ2) is 7.00. The number of hydrogen-bond donors (Lipinski definition) is 3. The SMILES string of the molecule is COc1cc(-c2[nH]c(-c3ccc(F)cc3)nc2-c2ccnc3[nH]ccc23)cnc1N. The van der Waals surface area contributed by atoms with Crippen molar-refractivity contribution in [3.8, 4) is 39.7 Å². The lowest BCUT2D eigenvalue weighted by Gasteiger charge is -2.08. The summed E-state index contributed by atoms with van der Waals surface area (Å²) in [6, 6.07) is 11.8. The van der Waals surface area contributed by atoms with E-state index in [0.717, 1.165) is 39.1 Å². The van der Waals surface area contributed by atoms with Crippen molar-refractivity contribution < 1.29 is 9.13 Å². The van der Waals surface area contributed by atoms with Gasteiger partial charge in [-0.25, -0.2) is 19.3 Å². The molecule has 0 saturated carbocycles. The molecule has 0 aliphatic carbocycles. The van der Waals surface area contributed by atoms with E-state index in [1.165, 1.54) is 12.1 Å². The molecule has 4 aromatic heterocycles. The van der Waals surface area contributed by atoms with Crippen LogP contribution in [0.4, 0.5) is 10.2 Å². The topological polar surface area (TPSA) is 106 Å². The smallest absolute Gasteiger partial charge is 0.166 e. The van der Waals surface area contributed by atoms with Crippen LogP contribution in [0, 0.1) is 5.82 Å². The Morgan fingerprint density at radius 2 is 1.87 bits per heavy atom. The number of hydrogen-bond acceptors (Lipinski definition) is 5. The molecular weight excluding hydrogens is 383 g/mol. The number of rotatable bonds is 4. The summed E-state index contributed by atoms with van der Waals surface area (Å²) >= 11 is 0. The van der Waals surface area contributed by atoms with Crippen LogP contribution in [0.2, 0.25) is 0 Å². The number of fused-ring (bicyclic) bond motifs is 1. The largest absolute Gasteiger partial charge is 0.493 e. The van der Waals surface area contributed by atoms with Gasteiger partial charge in [0.2, 0.25) is 0 Å². The maximum atomic E-state index is 13.4. The molecule has 0 amide bonds. The Morgan fingerprint density at radius 1 is 1.03 bits per heavy atom. The summed E-state index contributed by atoms with van der Waals surface area (Å²) < 4.78 is 18.7. The third kappa shape index (κ3) is 2.95. The van der Waals surface area contributed by atoms with Crippen molar-refractivity contribution in [2.24, 2.45) is 0 Å². The van der Waals surface area contributed by atoms with E-state index in [4.69, 9.17) is 15.5 Å². The molecule has 0 bridgehead atoms. The van der Waals surface area contributed by atoms with Crippen molar-refractivity contribution in [3.63, 3.8) is 0 Å². The van der Waals surface area contributed by atoms with Crippen molar-refractivity contribution >= 4 is 16.9 Å². The average molecular weight is 400 g/mol. The van der Waals surface area contributed by atoms with Gasteiger partial charge in [0.05, 0.1) is 18.5 Å². The monoisotopic (exact) mass is 400 g/mol. The van der Waals surface area contributed by atoms with Gasteiger partial charge in [0, 0.05) is 40.7 Å². The van der Waals surface area contributed by atoms with E-state index in [2.05, 4.69) is 19.9 Å². The van der Waals surface area contributed by atoms with Gasteiger partial charge in [-0.05, 0) is 42.5 Å². The Hall–Kier alpha value is -4.20. The molecular formula is C22H17FN6O. The standard InChI is InChI=1S/C22H17FN6O/c1-30-17-10-13(11-27-20(17)24)18-19(15-6-8-25-22-16(15)7-9-26-22)29-21(28-18)12-2-4-14(23)5-3-12/h2-11H,1H3,(H2,24,27)(H,25,26)(H,28,29). The molecule has 0 saturated heterocycles. The van der Waals surface area contributed by atoms with Gasteiger partial charge in [0.15, 0.2) is 11.6 Å². The zero-order valence-electron chi connectivity index (χ0n) is 16.0. The van der Waals surface area contributed by atoms with Gasteiger partial charge >= 0.3 is 0 Å². The number of aromatic amines is 2. The highest BCUT2D eigenvalue weighted by atomic mass is 19.1. The number of nitrogens with two attached hydrogens (primary N) is 1. The Bertz CT molecular complexity index is 1360. The quantitative estimate of drug-likeness (QED) is 0.414. The fraction of sp³-hybridized carbons (Fsp3) is 0.0455. The normalized spacial score (nSPS) is 11.1. The predicted octanol–water partition coefficient (Wildman–Crippen LogP) is 4.41. The Balaban J connectivity index is 1.76. The molecule has 0 radical (unpaired) electrons. The van der Waals surface area contributed by atoms with E-state index in [-0.39, 0.29) is 5.82 Å². The number of pyridine rings is 2. The Morgan fingerprint density at radius 3 is 2.67 bits per heavy atom. The number of aromatic nitrogens is 5. The van der Waals surface area contributed by atoms with E-state index in [1.54, 1.807) is 31.6 Å². The fourth-order valence-electron chi connectivity index (χ4n) is 3.44. The summed E-state index contributed by atoms with van der Waals surface area (Å²) in [5.41, 5.74) is 10.5. The highest BCUT2D eigenvalue weighted by Crippen LogP contribution is 2.37. The molecule has 4 heterocycles. The third-order valence-electron chi connectivity index (χ3n) is 4.93. The summed E-state index contributed by atoms with van der Waals surface area (Å²) in [6.07, 6.45) is 5.23. The Labute approximate surface area is 170 Å². The van der Waals surface area contributed by atoms with Crippen LogP contribution in [-0.2, 0) is 0 Å². The first-order valence-corrected chi connectivity index (χ1v) is 9.22. The number of benzene rings is 1. The predicted molar refractivity (Wildman–Crippen MR) is 113 cm³/mol. The van der Waals surface area contributed by atoms with E-state index in [9.17, 15) is 4.39 Å². The summed E-state index contributed by atoms with van der Waals surface area (Å²) in [5, 5.41) is 0.936. The minimum atomic E-state index is -0.304. The van der Waals surface area contributed by atoms with Gasteiger partial charge in [-0.1, -0.05) is 0 Å². The van der Waals surface area contributed by atoms with Gasteiger partial charge in [-0.15, -0.1) is 0 Å². The number of nitrogens with one attached hydrogen (secondary N) is 2. The van der Waals surface area contributed by atoms with Crippen molar-refractivity contribution in [1.82, 2.24) is 24.9 Å². The first-order valence-electron chi connectivity index (χ1n) is 9.22. The number of halogens is 1. The van der Waals surface area contributed by atoms with E-state index >= 15 is 0 Å². The van der Waals surface area contributed by atoms with Gasteiger partial charge in [-0.3, -0.25) is 0 Å². The molecule has 30 heavy (non-hydrogen) atoms. The first-order chi connectivity index (χ1) is 14.6. The lowest BCUT2D eigenvalue weighted by Crippen LogP contribution is -1.96. The molecule has 0 aliphatic heterocycles. The second-order valence-corrected chi connectivity index (χ2v) is 6.73. The minimum Gasteiger partial charge on any atom is -0.493 e. The van der Waals surface area contributed by atoms with Gasteiger partial charge in [-0.2, -0.15) is 0 Å². The highest BCUT2D eigenvalue weighted by molar-refractivity contribution is 5.96.